The van der Waals surface area contributed by atoms with Crippen molar-refractivity contribution in [2.45, 2.75) is 37.9 Å². The van der Waals surface area contributed by atoms with Gasteiger partial charge in [0.1, 0.15) is 17.7 Å². The first-order valence-electron chi connectivity index (χ1n) is 11.1. The van der Waals surface area contributed by atoms with E-state index in [0.29, 0.717) is 52.8 Å². The van der Waals surface area contributed by atoms with Gasteiger partial charge in [0.2, 0.25) is 0 Å². The number of aromatic amines is 1. The minimum absolute atomic E-state index is 0.123. The normalized spacial score (nSPS) is 22.1. The van der Waals surface area contributed by atoms with Gasteiger partial charge in [-0.05, 0) is 49.1 Å². The van der Waals surface area contributed by atoms with Crippen LogP contribution in [0.2, 0.25) is 0 Å². The van der Waals surface area contributed by atoms with Gasteiger partial charge >= 0.3 is 0 Å². The van der Waals surface area contributed by atoms with E-state index in [0.717, 1.165) is 43.9 Å². The fraction of sp³-hybridized carbons (Fsp3) is 0.375. The molecule has 5 heterocycles. The van der Waals surface area contributed by atoms with Crippen LogP contribution in [0.5, 0.6) is 0 Å². The van der Waals surface area contributed by atoms with Crippen LogP contribution in [0.4, 0.5) is 15.9 Å². The zero-order valence-corrected chi connectivity index (χ0v) is 17.6. The predicted molar refractivity (Wildman–Crippen MR) is 120 cm³/mol. The molecule has 8 heteroatoms. The number of anilines is 2. The number of nitriles is 1. The lowest BCUT2D eigenvalue weighted by Gasteiger charge is -2.35. The highest BCUT2D eigenvalue weighted by molar-refractivity contribution is 5.94. The Bertz CT molecular complexity index is 1310. The van der Waals surface area contributed by atoms with Gasteiger partial charge in [0.15, 0.2) is 0 Å². The molecule has 0 unspecified atom stereocenters. The summed E-state index contributed by atoms with van der Waals surface area (Å²) in [4.78, 5) is 24.5. The highest BCUT2D eigenvalue weighted by atomic mass is 19.1. The number of likely N-dealkylation sites (tertiary alicyclic amines) is 1. The van der Waals surface area contributed by atoms with Crippen LogP contribution in [0.15, 0.2) is 35.3 Å². The highest BCUT2D eigenvalue weighted by Crippen LogP contribution is 2.36. The number of rotatable bonds is 3. The summed E-state index contributed by atoms with van der Waals surface area (Å²) in [7, 11) is 0. The van der Waals surface area contributed by atoms with Gasteiger partial charge in [-0.25, -0.2) is 9.37 Å². The van der Waals surface area contributed by atoms with Gasteiger partial charge in [0, 0.05) is 50.0 Å². The lowest BCUT2D eigenvalue weighted by molar-refractivity contribution is 0.230. The Hall–Kier alpha value is -3.44. The van der Waals surface area contributed by atoms with Gasteiger partial charge in [-0.1, -0.05) is 0 Å². The van der Waals surface area contributed by atoms with Gasteiger partial charge in [-0.3, -0.25) is 9.69 Å². The van der Waals surface area contributed by atoms with Crippen LogP contribution >= 0.6 is 0 Å². The summed E-state index contributed by atoms with van der Waals surface area (Å²) in [5.74, 6) is 0.620. The number of hydrogen-bond acceptors (Lipinski definition) is 6. The fourth-order valence-electron chi connectivity index (χ4n) is 5.56. The maximum Gasteiger partial charge on any atom is 0.253 e. The van der Waals surface area contributed by atoms with Crippen molar-refractivity contribution in [2.24, 2.45) is 0 Å². The van der Waals surface area contributed by atoms with Crippen molar-refractivity contribution in [2.75, 3.05) is 29.9 Å². The molecule has 3 aliphatic rings. The molecule has 3 aliphatic heterocycles. The molecule has 2 atom stereocenters. The van der Waals surface area contributed by atoms with Crippen LogP contribution in [0.3, 0.4) is 0 Å². The molecule has 3 aromatic rings. The van der Waals surface area contributed by atoms with Gasteiger partial charge in [0.25, 0.3) is 5.56 Å². The first-order chi connectivity index (χ1) is 15.6. The number of pyridine rings is 2. The van der Waals surface area contributed by atoms with E-state index in [9.17, 15) is 4.79 Å². The van der Waals surface area contributed by atoms with Crippen molar-refractivity contribution < 1.29 is 4.39 Å². The van der Waals surface area contributed by atoms with Crippen LogP contribution in [0.25, 0.3) is 10.9 Å². The Morgan fingerprint density at radius 2 is 2.16 bits per heavy atom. The number of piperazine rings is 1. The number of nitrogens with zero attached hydrogens (tertiary/aromatic N) is 4. The van der Waals surface area contributed by atoms with Crippen molar-refractivity contribution in [3.63, 3.8) is 0 Å². The standard InChI is InChI=1S/C24H23FN6O/c25-19-6-15(7-20-22(19)23-18(24(32)29-20)2-1-5-27-23)11-30-12-17-8-16(30)13-31(17)21-4-3-14(9-26)10-28-21/h3-4,6-7,10,16-17,27H,1-2,5,8,11-13H2,(H,29,32)/t16-,17-/m0/s1. The topological polar surface area (TPSA) is 88.0 Å². The molecular formula is C24H23FN6O. The van der Waals surface area contributed by atoms with E-state index < -0.39 is 0 Å². The van der Waals surface area contributed by atoms with E-state index >= 15 is 4.39 Å². The summed E-state index contributed by atoms with van der Waals surface area (Å²) in [6, 6.07) is 10.1. The maximum atomic E-state index is 15.2. The van der Waals surface area contributed by atoms with Crippen LogP contribution < -0.4 is 15.8 Å². The van der Waals surface area contributed by atoms with E-state index in [-0.39, 0.29) is 11.4 Å². The largest absolute Gasteiger partial charge is 0.384 e. The summed E-state index contributed by atoms with van der Waals surface area (Å²) in [6.07, 6.45) is 4.22. The molecule has 2 bridgehead atoms. The maximum absolute atomic E-state index is 15.2. The number of fused-ring (bicyclic) bond motifs is 5. The second-order valence-corrected chi connectivity index (χ2v) is 8.98. The summed E-state index contributed by atoms with van der Waals surface area (Å²) < 4.78 is 15.2. The van der Waals surface area contributed by atoms with Gasteiger partial charge in [-0.2, -0.15) is 5.26 Å². The van der Waals surface area contributed by atoms with E-state index in [4.69, 9.17) is 5.26 Å². The Balaban J connectivity index is 1.23. The van der Waals surface area contributed by atoms with Gasteiger partial charge in [-0.15, -0.1) is 0 Å². The third kappa shape index (κ3) is 3.04. The average Bonchev–Trinajstić information content (AvgIpc) is 3.39. The van der Waals surface area contributed by atoms with Crippen LogP contribution in [0.1, 0.15) is 29.5 Å². The molecule has 1 aromatic carbocycles. The van der Waals surface area contributed by atoms with E-state index in [2.05, 4.69) is 31.2 Å². The van der Waals surface area contributed by atoms with E-state index in [1.54, 1.807) is 18.3 Å². The molecule has 2 N–H and O–H groups in total. The summed E-state index contributed by atoms with van der Waals surface area (Å²) in [5.41, 5.74) is 3.19. The van der Waals surface area contributed by atoms with Gasteiger partial charge < -0.3 is 15.2 Å². The quantitative estimate of drug-likeness (QED) is 0.664. The molecule has 32 heavy (non-hydrogen) atoms. The second-order valence-electron chi connectivity index (χ2n) is 8.98. The average molecular weight is 430 g/mol. The summed E-state index contributed by atoms with van der Waals surface area (Å²) in [6.45, 7) is 3.16. The van der Waals surface area contributed by atoms with Crippen molar-refractivity contribution in [3.8, 4) is 6.07 Å². The number of H-pyrrole nitrogens is 1. The Labute approximate surface area is 184 Å². The zero-order chi connectivity index (χ0) is 21.8. The number of hydrogen-bond donors (Lipinski definition) is 2. The first-order valence-corrected chi connectivity index (χ1v) is 11.1. The van der Waals surface area contributed by atoms with E-state index in [1.165, 1.54) is 0 Å². The lowest BCUT2D eigenvalue weighted by atomic mass is 10.00. The van der Waals surface area contributed by atoms with Crippen LogP contribution in [0, 0.1) is 17.1 Å². The number of halogens is 1. The molecule has 0 amide bonds. The summed E-state index contributed by atoms with van der Waals surface area (Å²) in [5, 5.41) is 12.7. The van der Waals surface area contributed by atoms with Gasteiger partial charge in [0.05, 0.1) is 22.2 Å². The van der Waals surface area contributed by atoms with Crippen molar-refractivity contribution in [3.05, 3.63) is 63.3 Å². The Morgan fingerprint density at radius 3 is 2.91 bits per heavy atom. The number of nitrogens with one attached hydrogen (secondary N) is 2. The minimum Gasteiger partial charge on any atom is -0.384 e. The molecule has 0 aliphatic carbocycles. The highest BCUT2D eigenvalue weighted by Gasteiger charge is 2.43. The molecule has 2 saturated heterocycles. The molecule has 0 saturated carbocycles. The molecule has 6 rings (SSSR count). The Kier molecular flexibility index (Phi) is 4.40. The molecule has 162 valence electrons. The summed E-state index contributed by atoms with van der Waals surface area (Å²) >= 11 is 0. The molecule has 2 fully saturated rings. The molecule has 2 aromatic heterocycles. The number of aromatic nitrogens is 2. The fourth-order valence-corrected chi connectivity index (χ4v) is 5.56. The minimum atomic E-state index is -0.285. The lowest BCUT2D eigenvalue weighted by Crippen LogP contribution is -2.46. The number of benzene rings is 1. The first kappa shape index (κ1) is 19.3. The van der Waals surface area contributed by atoms with Crippen molar-refractivity contribution in [1.82, 2.24) is 14.9 Å². The second kappa shape index (κ2) is 7.31. The monoisotopic (exact) mass is 430 g/mol. The molecule has 0 radical (unpaired) electrons. The van der Waals surface area contributed by atoms with Crippen LogP contribution in [-0.2, 0) is 13.0 Å². The van der Waals surface area contributed by atoms with E-state index in [1.807, 2.05) is 12.1 Å². The molecular weight excluding hydrogens is 407 g/mol. The third-order valence-electron chi connectivity index (χ3n) is 7.04. The van der Waals surface area contributed by atoms with Crippen LogP contribution in [-0.4, -0.2) is 46.6 Å². The van der Waals surface area contributed by atoms with Crippen molar-refractivity contribution in [1.29, 1.82) is 5.26 Å². The molecule has 0 spiro atoms. The smallest absolute Gasteiger partial charge is 0.253 e. The zero-order valence-electron chi connectivity index (χ0n) is 17.6. The molecule has 7 nitrogen and oxygen atoms in total. The predicted octanol–water partition coefficient (Wildman–Crippen LogP) is 2.76. The Morgan fingerprint density at radius 1 is 1.25 bits per heavy atom. The van der Waals surface area contributed by atoms with Crippen molar-refractivity contribution >= 4 is 22.4 Å². The SMILES string of the molecule is N#Cc1ccc(N2C[C@@H]3C[C@H]2CN3Cc2cc(F)c3c4c(c(=O)[nH]c3c2)CCCN4)nc1. The third-order valence-corrected chi connectivity index (χ3v) is 7.04.